The molecule has 4 heterocycles. The molecule has 0 saturated carbocycles. The van der Waals surface area contributed by atoms with E-state index in [-0.39, 0.29) is 13.4 Å². The van der Waals surface area contributed by atoms with Gasteiger partial charge in [-0.05, 0) is 137 Å². The fourth-order valence-electron chi connectivity index (χ4n) is 12.0. The summed E-state index contributed by atoms with van der Waals surface area (Å²) in [5.41, 5.74) is 20.8. The third kappa shape index (κ3) is 6.75. The Kier molecular flexibility index (Phi) is 9.95. The molecule has 4 aliphatic rings. The topological polar surface area (TPSA) is 22.2 Å². The molecule has 4 aliphatic heterocycles. The number of nitrogens with zero attached hydrogens (tertiary/aromatic N) is 4. The molecule has 0 unspecified atom stereocenters. The molecule has 11 aromatic carbocycles. The van der Waals surface area contributed by atoms with Gasteiger partial charge in [-0.2, -0.15) is 0 Å². The predicted molar refractivity (Wildman–Crippen MR) is 312 cm³/mol. The van der Waals surface area contributed by atoms with Crippen LogP contribution in [0.2, 0.25) is 0 Å². The molecule has 15 rings (SSSR count). The number of anilines is 12. The molecular weight excluding hydrogens is 918 g/mol. The van der Waals surface area contributed by atoms with Gasteiger partial charge in [-0.3, -0.25) is 0 Å². The zero-order valence-corrected chi connectivity index (χ0v) is 41.0. The number of fused-ring (bicyclic) bond motifs is 8. The maximum absolute atomic E-state index is 7.04. The summed E-state index contributed by atoms with van der Waals surface area (Å²) in [5.74, 6) is 1.77. The quantitative estimate of drug-likeness (QED) is 0.141. The SMILES string of the molecule is c1ccc(N(c2ccccc2)c2cc3c4c(c2)Sc2cc5c(cc2B4c2ccccc2O3)N(c2ccccc2)c2cc(N(c3ccccc3)c3ccccc3)cc3c2B5c2ccccc2N3c2ccccc2)cc1. The summed E-state index contributed by atoms with van der Waals surface area (Å²) >= 11 is 1.87. The third-order valence-corrected chi connectivity index (χ3v) is 16.2. The molecule has 0 amide bonds. The van der Waals surface area contributed by atoms with Crippen LogP contribution in [0.4, 0.5) is 68.2 Å². The van der Waals surface area contributed by atoms with Crippen molar-refractivity contribution in [2.45, 2.75) is 9.79 Å². The Morgan fingerprint density at radius 1 is 0.297 bits per heavy atom. The van der Waals surface area contributed by atoms with E-state index in [9.17, 15) is 0 Å². The van der Waals surface area contributed by atoms with Gasteiger partial charge in [0.25, 0.3) is 13.4 Å². The summed E-state index contributed by atoms with van der Waals surface area (Å²) in [6.07, 6.45) is 0. The molecule has 0 bridgehead atoms. The lowest BCUT2D eigenvalue weighted by Gasteiger charge is -2.45. The third-order valence-electron chi connectivity index (χ3n) is 15.1. The lowest BCUT2D eigenvalue weighted by molar-refractivity contribution is 0.486. The standard InChI is InChI=1S/C66H44B2N4OS/c1-7-23-45(24-8-1)69(46-25-9-2-10-26-46)51-39-59-65-60(40-51)72(50-33-17-6-18-34-50)58-43-56-63(44-55(58)67(65)53-35-19-21-37-57(53)71(59)49-31-15-5-16-32-49)74-64-42-52(41-62-66(64)68(56)54-36-20-22-38-61(54)73-62)70(47-27-11-3-12-28-47)48-29-13-4-14-30-48/h1-44H. The summed E-state index contributed by atoms with van der Waals surface area (Å²) in [7, 11) is 0. The lowest BCUT2D eigenvalue weighted by Crippen LogP contribution is -2.63. The monoisotopic (exact) mass is 962 g/mol. The van der Waals surface area contributed by atoms with Crippen LogP contribution in [0.3, 0.4) is 0 Å². The first-order valence-corrected chi connectivity index (χ1v) is 26.1. The van der Waals surface area contributed by atoms with Crippen molar-refractivity contribution in [1.82, 2.24) is 0 Å². The molecule has 0 fully saturated rings. The molecule has 0 radical (unpaired) electrons. The van der Waals surface area contributed by atoms with Crippen LogP contribution in [0, 0.1) is 0 Å². The van der Waals surface area contributed by atoms with Crippen LogP contribution in [0.5, 0.6) is 11.5 Å². The minimum Gasteiger partial charge on any atom is -0.458 e. The Bertz CT molecular complexity index is 3870. The molecule has 5 nitrogen and oxygen atoms in total. The maximum Gasteiger partial charge on any atom is 0.253 e. The van der Waals surface area contributed by atoms with Crippen molar-refractivity contribution >= 4 is 126 Å². The molecule has 11 aromatic rings. The summed E-state index contributed by atoms with van der Waals surface area (Å²) in [6.45, 7) is -0.146. The van der Waals surface area contributed by atoms with Crippen LogP contribution in [0.25, 0.3) is 0 Å². The van der Waals surface area contributed by atoms with Gasteiger partial charge in [0.2, 0.25) is 0 Å². The molecule has 346 valence electrons. The number of para-hydroxylation sites is 8. The normalized spacial score (nSPS) is 13.1. The van der Waals surface area contributed by atoms with E-state index in [4.69, 9.17) is 4.74 Å². The zero-order chi connectivity index (χ0) is 48.7. The molecule has 0 aromatic heterocycles. The predicted octanol–water partition coefficient (Wildman–Crippen LogP) is 13.8. The summed E-state index contributed by atoms with van der Waals surface area (Å²) in [4.78, 5) is 12.2. The van der Waals surface area contributed by atoms with Crippen molar-refractivity contribution in [1.29, 1.82) is 0 Å². The van der Waals surface area contributed by atoms with E-state index in [1.54, 1.807) is 0 Å². The lowest BCUT2D eigenvalue weighted by atomic mass is 9.32. The first kappa shape index (κ1) is 42.6. The van der Waals surface area contributed by atoms with Gasteiger partial charge < -0.3 is 24.3 Å². The van der Waals surface area contributed by atoms with Crippen LogP contribution in [0.15, 0.2) is 277 Å². The molecule has 74 heavy (non-hydrogen) atoms. The van der Waals surface area contributed by atoms with Crippen LogP contribution >= 0.6 is 11.8 Å². The molecule has 0 N–H and O–H groups in total. The Balaban J connectivity index is 1.00. The number of hydrogen-bond donors (Lipinski definition) is 0. The van der Waals surface area contributed by atoms with Gasteiger partial charge in [-0.25, -0.2) is 0 Å². The smallest absolute Gasteiger partial charge is 0.253 e. The summed E-state index contributed by atoms with van der Waals surface area (Å²) < 4.78 is 7.04. The molecule has 0 aliphatic carbocycles. The van der Waals surface area contributed by atoms with Gasteiger partial charge >= 0.3 is 0 Å². The average molecular weight is 963 g/mol. The molecule has 0 atom stereocenters. The largest absolute Gasteiger partial charge is 0.458 e. The Labute approximate surface area is 436 Å². The number of benzene rings is 11. The Morgan fingerprint density at radius 2 is 0.743 bits per heavy atom. The van der Waals surface area contributed by atoms with Crippen molar-refractivity contribution in [3.63, 3.8) is 0 Å². The van der Waals surface area contributed by atoms with E-state index in [0.717, 1.165) is 68.4 Å². The van der Waals surface area contributed by atoms with Crippen molar-refractivity contribution in [3.8, 4) is 11.5 Å². The summed E-state index contributed by atoms with van der Waals surface area (Å²) in [6, 6.07) is 97.1. The van der Waals surface area contributed by atoms with E-state index in [1.165, 1.54) is 53.9 Å². The second-order valence-corrected chi connectivity index (χ2v) is 20.3. The van der Waals surface area contributed by atoms with Crippen LogP contribution in [-0.4, -0.2) is 13.4 Å². The van der Waals surface area contributed by atoms with Crippen LogP contribution in [-0.2, 0) is 0 Å². The van der Waals surface area contributed by atoms with E-state index < -0.39 is 0 Å². The maximum atomic E-state index is 7.04. The number of hydrogen-bond acceptors (Lipinski definition) is 6. The average Bonchev–Trinajstić information content (AvgIpc) is 3.46. The Hall–Kier alpha value is -9.10. The molecule has 0 spiro atoms. The van der Waals surface area contributed by atoms with Crippen molar-refractivity contribution in [3.05, 3.63) is 267 Å². The highest BCUT2D eigenvalue weighted by Crippen LogP contribution is 2.50. The van der Waals surface area contributed by atoms with Gasteiger partial charge in [0, 0.05) is 72.7 Å². The highest BCUT2D eigenvalue weighted by molar-refractivity contribution is 8.00. The van der Waals surface area contributed by atoms with E-state index in [1.807, 2.05) is 11.8 Å². The molecular formula is C66H44B2N4OS. The van der Waals surface area contributed by atoms with Crippen molar-refractivity contribution in [2.24, 2.45) is 0 Å². The van der Waals surface area contributed by atoms with Gasteiger partial charge in [0.05, 0.1) is 11.4 Å². The van der Waals surface area contributed by atoms with E-state index in [0.29, 0.717) is 0 Å². The second kappa shape index (κ2) is 17.3. The van der Waals surface area contributed by atoms with E-state index in [2.05, 4.69) is 287 Å². The van der Waals surface area contributed by atoms with Gasteiger partial charge in [0.15, 0.2) is 0 Å². The molecule has 8 heteroatoms. The minimum atomic E-state index is -0.0788. The van der Waals surface area contributed by atoms with Gasteiger partial charge in [-0.15, -0.1) is 0 Å². The highest BCUT2D eigenvalue weighted by atomic mass is 32.2. The zero-order valence-electron chi connectivity index (χ0n) is 40.2. The van der Waals surface area contributed by atoms with E-state index >= 15 is 0 Å². The number of rotatable bonds is 8. The Morgan fingerprint density at radius 3 is 1.30 bits per heavy atom. The van der Waals surface area contributed by atoms with Crippen molar-refractivity contribution in [2.75, 3.05) is 19.6 Å². The van der Waals surface area contributed by atoms with Crippen LogP contribution < -0.4 is 57.1 Å². The van der Waals surface area contributed by atoms with Crippen molar-refractivity contribution < 1.29 is 4.74 Å². The molecule has 0 saturated heterocycles. The highest BCUT2D eigenvalue weighted by Gasteiger charge is 2.47. The fraction of sp³-hybridized carbons (Fsp3) is 0. The second-order valence-electron chi connectivity index (χ2n) is 19.2. The van der Waals surface area contributed by atoms with Gasteiger partial charge in [-0.1, -0.05) is 169 Å². The minimum absolute atomic E-state index is 0.0674. The fourth-order valence-corrected chi connectivity index (χ4v) is 13.3. The van der Waals surface area contributed by atoms with Gasteiger partial charge in [0.1, 0.15) is 11.5 Å². The first-order chi connectivity index (χ1) is 36.7. The first-order valence-electron chi connectivity index (χ1n) is 25.3. The van der Waals surface area contributed by atoms with Crippen LogP contribution in [0.1, 0.15) is 0 Å². The number of ether oxygens (including phenoxy) is 1. The summed E-state index contributed by atoms with van der Waals surface area (Å²) in [5, 5.41) is 0.